The second-order valence-corrected chi connectivity index (χ2v) is 6.16. The van der Waals surface area contributed by atoms with Gasteiger partial charge in [0.25, 0.3) is 0 Å². The number of hydrogen-bond donors (Lipinski definition) is 2. The van der Waals surface area contributed by atoms with E-state index in [0.717, 1.165) is 37.0 Å². The lowest BCUT2D eigenvalue weighted by Crippen LogP contribution is -2.47. The number of amides is 3. The zero-order valence-corrected chi connectivity index (χ0v) is 14.3. The zero-order chi connectivity index (χ0) is 17.4. The maximum atomic E-state index is 12.3. The lowest BCUT2D eigenvalue weighted by molar-refractivity contribution is -0.126. The van der Waals surface area contributed by atoms with Gasteiger partial charge in [0, 0.05) is 19.6 Å². The van der Waals surface area contributed by atoms with Crippen molar-refractivity contribution in [3.63, 3.8) is 0 Å². The predicted molar refractivity (Wildman–Crippen MR) is 92.8 cm³/mol. The van der Waals surface area contributed by atoms with Gasteiger partial charge >= 0.3 is 6.03 Å². The van der Waals surface area contributed by atoms with Crippen LogP contribution in [0, 0.1) is 5.92 Å². The van der Waals surface area contributed by atoms with Crippen molar-refractivity contribution in [2.24, 2.45) is 11.7 Å². The van der Waals surface area contributed by atoms with Gasteiger partial charge in [-0.05, 0) is 43.4 Å². The van der Waals surface area contributed by atoms with Crippen LogP contribution >= 0.6 is 0 Å². The van der Waals surface area contributed by atoms with Gasteiger partial charge < -0.3 is 20.7 Å². The molecule has 1 fully saturated rings. The van der Waals surface area contributed by atoms with Crippen LogP contribution in [0.5, 0.6) is 5.75 Å². The number of nitrogens with zero attached hydrogens (tertiary/aromatic N) is 1. The third kappa shape index (κ3) is 5.44. The van der Waals surface area contributed by atoms with Gasteiger partial charge in [-0.1, -0.05) is 19.1 Å². The molecule has 1 aliphatic rings. The van der Waals surface area contributed by atoms with Gasteiger partial charge in [-0.3, -0.25) is 4.79 Å². The van der Waals surface area contributed by atoms with Crippen molar-refractivity contribution in [1.82, 2.24) is 10.2 Å². The Morgan fingerprint density at radius 1 is 1.42 bits per heavy atom. The highest BCUT2D eigenvalue weighted by molar-refractivity contribution is 5.80. The molecule has 1 heterocycles. The number of hydrogen-bond acceptors (Lipinski definition) is 3. The molecule has 3 N–H and O–H groups in total. The monoisotopic (exact) mass is 333 g/mol. The van der Waals surface area contributed by atoms with E-state index in [-0.39, 0.29) is 11.8 Å². The number of nitrogens with one attached hydrogen (secondary N) is 1. The van der Waals surface area contributed by atoms with E-state index in [2.05, 4.69) is 12.2 Å². The van der Waals surface area contributed by atoms with Crippen molar-refractivity contribution in [2.75, 3.05) is 26.2 Å². The molecule has 3 amide bonds. The fourth-order valence-electron chi connectivity index (χ4n) is 2.88. The number of urea groups is 1. The molecule has 0 aromatic heterocycles. The van der Waals surface area contributed by atoms with Crippen molar-refractivity contribution in [3.8, 4) is 5.75 Å². The first-order valence-corrected chi connectivity index (χ1v) is 8.64. The number of piperidine rings is 1. The predicted octanol–water partition coefficient (Wildman–Crippen LogP) is 1.92. The second-order valence-electron chi connectivity index (χ2n) is 6.16. The minimum atomic E-state index is -0.448. The van der Waals surface area contributed by atoms with Crippen LogP contribution in [-0.2, 0) is 11.2 Å². The number of carbonyl (C=O) groups excluding carboxylic acids is 2. The summed E-state index contributed by atoms with van der Waals surface area (Å²) < 4.78 is 5.62. The summed E-state index contributed by atoms with van der Waals surface area (Å²) in [5, 5.41) is 2.96. The maximum Gasteiger partial charge on any atom is 0.314 e. The van der Waals surface area contributed by atoms with Crippen molar-refractivity contribution in [1.29, 1.82) is 0 Å². The first-order valence-electron chi connectivity index (χ1n) is 8.64. The van der Waals surface area contributed by atoms with Crippen molar-refractivity contribution in [2.45, 2.75) is 32.6 Å². The zero-order valence-electron chi connectivity index (χ0n) is 14.3. The van der Waals surface area contributed by atoms with Gasteiger partial charge in [0.15, 0.2) is 0 Å². The number of rotatable bonds is 7. The third-order valence-electron chi connectivity index (χ3n) is 4.19. The lowest BCUT2D eigenvalue weighted by Gasteiger charge is -2.30. The van der Waals surface area contributed by atoms with Gasteiger partial charge in [0.05, 0.1) is 12.5 Å². The van der Waals surface area contributed by atoms with Crippen molar-refractivity contribution >= 4 is 11.9 Å². The number of ether oxygens (including phenoxy) is 1. The molecule has 2 rings (SSSR count). The highest BCUT2D eigenvalue weighted by Crippen LogP contribution is 2.17. The van der Waals surface area contributed by atoms with E-state index in [1.807, 2.05) is 24.3 Å². The molecule has 0 spiro atoms. The number of benzene rings is 1. The molecule has 1 unspecified atom stereocenters. The Morgan fingerprint density at radius 3 is 3.00 bits per heavy atom. The molecule has 0 radical (unpaired) electrons. The van der Waals surface area contributed by atoms with Crippen LogP contribution < -0.4 is 15.8 Å². The van der Waals surface area contributed by atoms with Gasteiger partial charge in [-0.25, -0.2) is 4.79 Å². The van der Waals surface area contributed by atoms with E-state index in [1.165, 1.54) is 0 Å². The Balaban J connectivity index is 1.77. The molecule has 0 bridgehead atoms. The van der Waals surface area contributed by atoms with Crippen LogP contribution in [0.2, 0.25) is 0 Å². The van der Waals surface area contributed by atoms with Gasteiger partial charge in [-0.15, -0.1) is 0 Å². The molecule has 1 aliphatic heterocycles. The fraction of sp³-hybridized carbons (Fsp3) is 0.556. The molecule has 132 valence electrons. The maximum absolute atomic E-state index is 12.3. The molecule has 1 aromatic carbocycles. The van der Waals surface area contributed by atoms with E-state index >= 15 is 0 Å². The van der Waals surface area contributed by atoms with Crippen molar-refractivity contribution in [3.05, 3.63) is 29.8 Å². The summed E-state index contributed by atoms with van der Waals surface area (Å²) in [5.41, 5.74) is 6.43. The van der Waals surface area contributed by atoms with Crippen LogP contribution in [0.25, 0.3) is 0 Å². The molecule has 0 aliphatic carbocycles. The Bertz CT molecular complexity index is 562. The number of nitrogens with two attached hydrogens (primary N) is 1. The van der Waals surface area contributed by atoms with Gasteiger partial charge in [0.1, 0.15) is 5.75 Å². The topological polar surface area (TPSA) is 84.7 Å². The standard InChI is InChI=1S/C18H27N3O3/c1-2-11-24-16-7-3-5-14(12-16)8-9-20-17(22)15-6-4-10-21(13-15)18(19)23/h3,5,7,12,15H,2,4,6,8-11,13H2,1H3,(H2,19,23)(H,20,22). The average molecular weight is 333 g/mol. The fourth-order valence-corrected chi connectivity index (χ4v) is 2.88. The van der Waals surface area contributed by atoms with Crippen LogP contribution in [0.4, 0.5) is 4.79 Å². The second kappa shape index (κ2) is 9.15. The molecule has 0 saturated carbocycles. The Kier molecular flexibility index (Phi) is 6.90. The van der Waals surface area contributed by atoms with E-state index in [9.17, 15) is 9.59 Å². The molecule has 6 nitrogen and oxygen atoms in total. The number of primary amides is 1. The van der Waals surface area contributed by atoms with Crippen molar-refractivity contribution < 1.29 is 14.3 Å². The first-order chi connectivity index (χ1) is 11.6. The summed E-state index contributed by atoms with van der Waals surface area (Å²) in [6.45, 7) is 4.41. The Morgan fingerprint density at radius 2 is 2.25 bits per heavy atom. The van der Waals surface area contributed by atoms with Gasteiger partial charge in [-0.2, -0.15) is 0 Å². The molecule has 1 aromatic rings. The van der Waals surface area contributed by atoms with Crippen LogP contribution in [0.1, 0.15) is 31.7 Å². The highest BCUT2D eigenvalue weighted by Gasteiger charge is 2.27. The minimum Gasteiger partial charge on any atom is -0.494 e. The molecule has 6 heteroatoms. The molecular weight excluding hydrogens is 306 g/mol. The number of likely N-dealkylation sites (tertiary alicyclic amines) is 1. The molecular formula is C18H27N3O3. The summed E-state index contributed by atoms with van der Waals surface area (Å²) in [6, 6.07) is 7.50. The Hall–Kier alpha value is -2.24. The molecule has 24 heavy (non-hydrogen) atoms. The van der Waals surface area contributed by atoms with E-state index in [0.29, 0.717) is 26.2 Å². The number of carbonyl (C=O) groups is 2. The van der Waals surface area contributed by atoms with E-state index in [4.69, 9.17) is 10.5 Å². The highest BCUT2D eigenvalue weighted by atomic mass is 16.5. The van der Waals surface area contributed by atoms with Crippen LogP contribution in [-0.4, -0.2) is 43.1 Å². The minimum absolute atomic E-state index is 0.000613. The summed E-state index contributed by atoms with van der Waals surface area (Å²) in [6.07, 6.45) is 3.35. The van der Waals surface area contributed by atoms with E-state index in [1.54, 1.807) is 4.90 Å². The largest absolute Gasteiger partial charge is 0.494 e. The summed E-state index contributed by atoms with van der Waals surface area (Å²) in [5.74, 6) is 0.704. The SMILES string of the molecule is CCCOc1cccc(CCNC(=O)C2CCCN(C(N)=O)C2)c1. The first kappa shape index (κ1) is 18.1. The normalized spacial score (nSPS) is 17.4. The quantitative estimate of drug-likeness (QED) is 0.799. The van der Waals surface area contributed by atoms with E-state index < -0.39 is 6.03 Å². The van der Waals surface area contributed by atoms with Crippen LogP contribution in [0.3, 0.4) is 0 Å². The Labute approximate surface area is 143 Å². The summed E-state index contributed by atoms with van der Waals surface area (Å²) in [4.78, 5) is 25.0. The molecule has 1 atom stereocenters. The average Bonchev–Trinajstić information content (AvgIpc) is 2.60. The summed E-state index contributed by atoms with van der Waals surface area (Å²) in [7, 11) is 0. The lowest BCUT2D eigenvalue weighted by atomic mass is 9.97. The summed E-state index contributed by atoms with van der Waals surface area (Å²) >= 11 is 0. The van der Waals surface area contributed by atoms with Crippen LogP contribution in [0.15, 0.2) is 24.3 Å². The molecule has 1 saturated heterocycles. The van der Waals surface area contributed by atoms with Gasteiger partial charge in [0.2, 0.25) is 5.91 Å². The third-order valence-corrected chi connectivity index (χ3v) is 4.19. The smallest absolute Gasteiger partial charge is 0.314 e.